The largest absolute Gasteiger partial charge is 0.469 e. The maximum absolute atomic E-state index is 12.7. The molecular formula is C21H18N2O3S2. The van der Waals surface area contributed by atoms with Crippen LogP contribution in [-0.4, -0.2) is 28.8 Å². The maximum atomic E-state index is 12.7. The first-order valence-electron chi connectivity index (χ1n) is 8.86. The summed E-state index contributed by atoms with van der Waals surface area (Å²) in [6, 6.07) is 14.4. The Morgan fingerprint density at radius 3 is 2.86 bits per heavy atom. The number of rotatable bonds is 6. The lowest BCUT2D eigenvalue weighted by atomic mass is 10.0. The second kappa shape index (κ2) is 8.16. The lowest BCUT2D eigenvalue weighted by molar-refractivity contribution is -0.140. The Hall–Kier alpha value is -2.64. The molecule has 0 saturated heterocycles. The molecule has 0 fully saturated rings. The SMILES string of the molecule is COC(=O)CCCSc1nc2scc(-c3ccc4ccccc4c3)c2c(=O)[nH]1. The van der Waals surface area contributed by atoms with Gasteiger partial charge in [0.2, 0.25) is 0 Å². The Bertz CT molecular complexity index is 1210. The van der Waals surface area contributed by atoms with Crippen molar-refractivity contribution in [1.82, 2.24) is 9.97 Å². The maximum Gasteiger partial charge on any atom is 0.305 e. The number of nitrogens with zero attached hydrogens (tertiary/aromatic N) is 1. The monoisotopic (exact) mass is 410 g/mol. The fourth-order valence-electron chi connectivity index (χ4n) is 3.05. The van der Waals surface area contributed by atoms with Gasteiger partial charge in [0.1, 0.15) is 4.83 Å². The van der Waals surface area contributed by atoms with Crippen molar-refractivity contribution in [3.63, 3.8) is 0 Å². The number of carbonyl (C=O) groups is 1. The molecule has 4 rings (SSSR count). The third-order valence-corrected chi connectivity index (χ3v) is 6.31. The van der Waals surface area contributed by atoms with Crippen molar-refractivity contribution in [1.29, 1.82) is 0 Å². The summed E-state index contributed by atoms with van der Waals surface area (Å²) in [5, 5.41) is 5.50. The average molecular weight is 411 g/mol. The number of thiophene rings is 1. The molecule has 0 spiro atoms. The number of hydrogen-bond acceptors (Lipinski definition) is 6. The van der Waals surface area contributed by atoms with Crippen LogP contribution in [0.3, 0.4) is 0 Å². The number of nitrogens with one attached hydrogen (secondary N) is 1. The summed E-state index contributed by atoms with van der Waals surface area (Å²) in [5.74, 6) is 0.461. The molecule has 0 unspecified atom stereocenters. The standard InChI is InChI=1S/C21H18N2O3S2/c1-26-17(24)7-4-10-27-21-22-19(25)18-16(12-28-20(18)23-21)15-9-8-13-5-2-3-6-14(13)11-15/h2-3,5-6,8-9,11-12H,4,7,10H2,1H3,(H,22,23,25). The van der Waals surface area contributed by atoms with Crippen molar-refractivity contribution < 1.29 is 9.53 Å². The lowest BCUT2D eigenvalue weighted by Crippen LogP contribution is -2.09. The first-order chi connectivity index (χ1) is 13.7. The van der Waals surface area contributed by atoms with Gasteiger partial charge < -0.3 is 9.72 Å². The van der Waals surface area contributed by atoms with E-state index in [0.717, 1.165) is 21.3 Å². The number of hydrogen-bond donors (Lipinski definition) is 1. The van der Waals surface area contributed by atoms with E-state index in [1.165, 1.54) is 35.6 Å². The lowest BCUT2D eigenvalue weighted by Gasteiger charge is -2.04. The molecule has 5 nitrogen and oxygen atoms in total. The van der Waals surface area contributed by atoms with E-state index in [2.05, 4.69) is 39.0 Å². The first kappa shape index (κ1) is 18.7. The van der Waals surface area contributed by atoms with Crippen LogP contribution in [0.5, 0.6) is 0 Å². The number of methoxy groups -OCH3 is 1. The third kappa shape index (κ3) is 3.81. The summed E-state index contributed by atoms with van der Waals surface area (Å²) in [4.78, 5) is 32.1. The predicted octanol–water partition coefficient (Wildman–Crippen LogP) is 4.85. The van der Waals surface area contributed by atoms with Crippen LogP contribution >= 0.6 is 23.1 Å². The highest BCUT2D eigenvalue weighted by atomic mass is 32.2. The van der Waals surface area contributed by atoms with Crippen molar-refractivity contribution in [3.05, 3.63) is 58.2 Å². The minimum Gasteiger partial charge on any atom is -0.469 e. The number of H-pyrrole nitrogens is 1. The highest BCUT2D eigenvalue weighted by Gasteiger charge is 2.13. The highest BCUT2D eigenvalue weighted by molar-refractivity contribution is 7.99. The summed E-state index contributed by atoms with van der Waals surface area (Å²) >= 11 is 2.91. The van der Waals surface area contributed by atoms with Gasteiger partial charge in [0.15, 0.2) is 5.16 Å². The highest BCUT2D eigenvalue weighted by Crippen LogP contribution is 2.33. The van der Waals surface area contributed by atoms with Crippen LogP contribution in [0.15, 0.2) is 57.8 Å². The molecule has 0 atom stereocenters. The van der Waals surface area contributed by atoms with Gasteiger partial charge in [-0.2, -0.15) is 0 Å². The molecular weight excluding hydrogens is 392 g/mol. The molecule has 4 aromatic rings. The second-order valence-corrected chi connectivity index (χ2v) is 8.23. The minimum absolute atomic E-state index is 0.134. The molecule has 2 heterocycles. The predicted molar refractivity (Wildman–Crippen MR) is 115 cm³/mol. The molecule has 1 N–H and O–H groups in total. The Kier molecular flexibility index (Phi) is 5.45. The fraction of sp³-hybridized carbons (Fsp3) is 0.190. The van der Waals surface area contributed by atoms with Gasteiger partial charge in [-0.3, -0.25) is 9.59 Å². The molecule has 28 heavy (non-hydrogen) atoms. The van der Waals surface area contributed by atoms with Crippen molar-refractivity contribution >= 4 is 50.1 Å². The zero-order valence-corrected chi connectivity index (χ0v) is 16.9. The number of benzene rings is 2. The summed E-state index contributed by atoms with van der Waals surface area (Å²) in [7, 11) is 1.38. The quantitative estimate of drug-likeness (QED) is 0.213. The van der Waals surface area contributed by atoms with Crippen LogP contribution in [0, 0.1) is 0 Å². The third-order valence-electron chi connectivity index (χ3n) is 4.47. The van der Waals surface area contributed by atoms with E-state index in [0.29, 0.717) is 29.1 Å². The van der Waals surface area contributed by atoms with Crippen molar-refractivity contribution in [3.8, 4) is 11.1 Å². The van der Waals surface area contributed by atoms with E-state index in [1.807, 2.05) is 23.6 Å². The first-order valence-corrected chi connectivity index (χ1v) is 10.7. The molecule has 0 radical (unpaired) electrons. The fourth-order valence-corrected chi connectivity index (χ4v) is 4.86. The Morgan fingerprint density at radius 1 is 1.21 bits per heavy atom. The summed E-state index contributed by atoms with van der Waals surface area (Å²) in [5.41, 5.74) is 1.78. The number of carbonyl (C=O) groups excluding carboxylic acids is 1. The summed E-state index contributed by atoms with van der Waals surface area (Å²) in [6.45, 7) is 0. The van der Waals surface area contributed by atoms with E-state index in [9.17, 15) is 9.59 Å². The molecule has 0 amide bonds. The van der Waals surface area contributed by atoms with Crippen LogP contribution in [0.4, 0.5) is 0 Å². The Labute approximate surface area is 169 Å². The molecule has 7 heteroatoms. The second-order valence-electron chi connectivity index (χ2n) is 6.29. The molecule has 2 aromatic heterocycles. The zero-order chi connectivity index (χ0) is 19.5. The van der Waals surface area contributed by atoms with E-state index in [1.54, 1.807) is 0 Å². The minimum atomic E-state index is -0.226. The molecule has 0 bridgehead atoms. The Balaban J connectivity index is 1.61. The van der Waals surface area contributed by atoms with Gasteiger partial charge in [0.25, 0.3) is 5.56 Å². The summed E-state index contributed by atoms with van der Waals surface area (Å²) in [6.07, 6.45) is 1.03. The van der Waals surface area contributed by atoms with Crippen LogP contribution in [0.2, 0.25) is 0 Å². The van der Waals surface area contributed by atoms with E-state index in [4.69, 9.17) is 0 Å². The van der Waals surface area contributed by atoms with Crippen LogP contribution < -0.4 is 5.56 Å². The number of thioether (sulfide) groups is 1. The smallest absolute Gasteiger partial charge is 0.305 e. The van der Waals surface area contributed by atoms with E-state index >= 15 is 0 Å². The molecule has 0 aliphatic heterocycles. The van der Waals surface area contributed by atoms with Gasteiger partial charge in [-0.25, -0.2) is 4.98 Å². The zero-order valence-electron chi connectivity index (χ0n) is 15.2. The molecule has 142 valence electrons. The normalized spacial score (nSPS) is 11.2. The van der Waals surface area contributed by atoms with Gasteiger partial charge in [-0.1, -0.05) is 48.2 Å². The van der Waals surface area contributed by atoms with Gasteiger partial charge >= 0.3 is 5.97 Å². The van der Waals surface area contributed by atoms with E-state index < -0.39 is 0 Å². The van der Waals surface area contributed by atoms with Crippen LogP contribution in [0.1, 0.15) is 12.8 Å². The molecule has 2 aromatic carbocycles. The molecule has 0 saturated carbocycles. The van der Waals surface area contributed by atoms with Gasteiger partial charge in [-0.05, 0) is 28.8 Å². The number of fused-ring (bicyclic) bond motifs is 2. The van der Waals surface area contributed by atoms with Gasteiger partial charge in [0, 0.05) is 23.1 Å². The molecule has 0 aliphatic carbocycles. The average Bonchev–Trinajstić information content (AvgIpc) is 3.15. The van der Waals surface area contributed by atoms with Gasteiger partial charge in [0.05, 0.1) is 12.5 Å². The topological polar surface area (TPSA) is 72.0 Å². The van der Waals surface area contributed by atoms with Crippen molar-refractivity contribution in [2.24, 2.45) is 0 Å². The molecule has 0 aliphatic rings. The summed E-state index contributed by atoms with van der Waals surface area (Å²) < 4.78 is 4.63. The van der Waals surface area contributed by atoms with Crippen molar-refractivity contribution in [2.45, 2.75) is 18.0 Å². The van der Waals surface area contributed by atoms with E-state index in [-0.39, 0.29) is 11.5 Å². The van der Waals surface area contributed by atoms with Crippen LogP contribution in [0.25, 0.3) is 32.1 Å². The van der Waals surface area contributed by atoms with Gasteiger partial charge in [-0.15, -0.1) is 11.3 Å². The number of esters is 1. The number of ether oxygens (including phenoxy) is 1. The number of aromatic amines is 1. The van der Waals surface area contributed by atoms with Crippen LogP contribution in [-0.2, 0) is 9.53 Å². The Morgan fingerprint density at radius 2 is 2.04 bits per heavy atom. The number of aromatic nitrogens is 2. The van der Waals surface area contributed by atoms with Crippen molar-refractivity contribution in [2.75, 3.05) is 12.9 Å².